The van der Waals surface area contributed by atoms with Crippen molar-refractivity contribution in [3.63, 3.8) is 0 Å². The van der Waals surface area contributed by atoms with Crippen molar-refractivity contribution in [1.82, 2.24) is 25.1 Å². The molecule has 5 rings (SSSR count). The molecule has 18 heavy (non-hydrogen) atoms. The number of nitrogens with one attached hydrogen (secondary N) is 2. The summed E-state index contributed by atoms with van der Waals surface area (Å²) >= 11 is 0. The zero-order chi connectivity index (χ0) is 12.1. The highest BCUT2D eigenvalue weighted by Gasteiger charge is 2.34. The Morgan fingerprint density at radius 1 is 1.17 bits per heavy atom. The molecule has 6 heteroatoms. The molecule has 4 aliphatic rings. The van der Waals surface area contributed by atoms with Crippen molar-refractivity contribution in [2.45, 2.75) is 19.1 Å². The maximum absolute atomic E-state index is 12.0. The van der Waals surface area contributed by atoms with E-state index in [0.717, 1.165) is 56.4 Å². The predicted molar refractivity (Wildman–Crippen MR) is 66.2 cm³/mol. The van der Waals surface area contributed by atoms with Crippen LogP contribution in [0.25, 0.3) is 0 Å². The van der Waals surface area contributed by atoms with Crippen LogP contribution in [0.3, 0.4) is 0 Å². The lowest BCUT2D eigenvalue weighted by molar-refractivity contribution is 0.00846. The van der Waals surface area contributed by atoms with E-state index in [0.29, 0.717) is 6.54 Å². The average molecular weight is 247 g/mol. The van der Waals surface area contributed by atoms with E-state index in [4.69, 9.17) is 0 Å². The Balaban J connectivity index is 1.73. The summed E-state index contributed by atoms with van der Waals surface area (Å²) in [5.41, 5.74) is 1.79. The Bertz CT molecular complexity index is 532. The number of rotatable bonds is 1. The minimum atomic E-state index is 0.0395. The summed E-state index contributed by atoms with van der Waals surface area (Å²) in [4.78, 5) is 24.6. The molecule has 1 unspecified atom stereocenters. The molecule has 0 aliphatic carbocycles. The Hall–Kier alpha value is -1.24. The minimum Gasteiger partial charge on any atom is -0.309 e. The molecule has 1 atom stereocenters. The fraction of sp³-hybridized carbons (Fsp3) is 0.667. The Labute approximate surface area is 105 Å². The van der Waals surface area contributed by atoms with Gasteiger partial charge in [-0.25, -0.2) is 4.98 Å². The highest BCUT2D eigenvalue weighted by atomic mass is 16.1. The second kappa shape index (κ2) is 3.88. The third-order valence-electron chi connectivity index (χ3n) is 4.31. The number of hydrogen-bond acceptors (Lipinski definition) is 5. The lowest BCUT2D eigenvalue weighted by Crippen LogP contribution is -2.57. The van der Waals surface area contributed by atoms with Crippen molar-refractivity contribution in [3.8, 4) is 0 Å². The molecule has 3 fully saturated rings. The number of aromatic nitrogens is 2. The summed E-state index contributed by atoms with van der Waals surface area (Å²) in [6.45, 7) is 6.84. The van der Waals surface area contributed by atoms with Crippen LogP contribution in [0.1, 0.15) is 23.1 Å². The largest absolute Gasteiger partial charge is 0.309 e. The van der Waals surface area contributed by atoms with Gasteiger partial charge in [0.15, 0.2) is 0 Å². The van der Waals surface area contributed by atoms with Crippen LogP contribution in [0.4, 0.5) is 0 Å². The number of H-pyrrole nitrogens is 1. The zero-order valence-electron chi connectivity index (χ0n) is 10.3. The summed E-state index contributed by atoms with van der Waals surface area (Å²) in [7, 11) is 0. The molecule has 0 radical (unpaired) electrons. The molecule has 0 amide bonds. The number of hydrogen-bond donors (Lipinski definition) is 2. The third-order valence-corrected chi connectivity index (χ3v) is 4.31. The van der Waals surface area contributed by atoms with E-state index in [2.05, 4.69) is 25.1 Å². The van der Waals surface area contributed by atoms with Crippen molar-refractivity contribution in [2.24, 2.45) is 0 Å². The lowest BCUT2D eigenvalue weighted by atomic mass is 10.1. The van der Waals surface area contributed by atoms with Gasteiger partial charge in [0, 0.05) is 45.8 Å². The first-order valence-electron chi connectivity index (χ1n) is 6.60. The molecule has 3 saturated heterocycles. The number of aromatic amines is 1. The second-order valence-electron chi connectivity index (χ2n) is 5.33. The van der Waals surface area contributed by atoms with E-state index in [1.54, 1.807) is 0 Å². The van der Waals surface area contributed by atoms with E-state index >= 15 is 0 Å². The smallest absolute Gasteiger partial charge is 0.255 e. The van der Waals surface area contributed by atoms with E-state index in [1.807, 2.05) is 0 Å². The molecule has 0 aromatic carbocycles. The Kier molecular flexibility index (Phi) is 2.30. The summed E-state index contributed by atoms with van der Waals surface area (Å²) < 4.78 is 0. The van der Waals surface area contributed by atoms with Crippen LogP contribution in [-0.4, -0.2) is 52.5 Å². The van der Waals surface area contributed by atoms with Crippen LogP contribution >= 0.6 is 0 Å². The van der Waals surface area contributed by atoms with Crippen LogP contribution in [0, 0.1) is 0 Å². The van der Waals surface area contributed by atoms with Gasteiger partial charge in [0.05, 0.1) is 17.3 Å². The van der Waals surface area contributed by atoms with Gasteiger partial charge >= 0.3 is 0 Å². The molecule has 1 aromatic heterocycles. The van der Waals surface area contributed by atoms with E-state index in [9.17, 15) is 4.79 Å². The molecule has 96 valence electrons. The molecule has 2 bridgehead atoms. The number of fused-ring (bicyclic) bond motifs is 4. The molecular formula is C12H17N5O. The molecule has 6 nitrogen and oxygen atoms in total. The second-order valence-corrected chi connectivity index (χ2v) is 5.33. The fourth-order valence-corrected chi connectivity index (χ4v) is 3.23. The van der Waals surface area contributed by atoms with Gasteiger partial charge in [-0.15, -0.1) is 0 Å². The third kappa shape index (κ3) is 1.53. The first kappa shape index (κ1) is 10.7. The van der Waals surface area contributed by atoms with Gasteiger partial charge in [-0.05, 0) is 0 Å². The van der Waals surface area contributed by atoms with Gasteiger partial charge in [0.25, 0.3) is 5.56 Å². The van der Waals surface area contributed by atoms with E-state index in [-0.39, 0.29) is 11.6 Å². The minimum absolute atomic E-state index is 0.0395. The van der Waals surface area contributed by atoms with Crippen molar-refractivity contribution >= 4 is 0 Å². The summed E-state index contributed by atoms with van der Waals surface area (Å²) in [5, 5.41) is 3.19. The highest BCUT2D eigenvalue weighted by Crippen LogP contribution is 2.26. The van der Waals surface area contributed by atoms with Gasteiger partial charge in [0.1, 0.15) is 5.82 Å². The Morgan fingerprint density at radius 2 is 2.00 bits per heavy atom. The molecule has 0 spiro atoms. The van der Waals surface area contributed by atoms with Gasteiger partial charge in [-0.3, -0.25) is 14.6 Å². The maximum Gasteiger partial charge on any atom is 0.255 e. The van der Waals surface area contributed by atoms with Gasteiger partial charge in [-0.2, -0.15) is 0 Å². The summed E-state index contributed by atoms with van der Waals surface area (Å²) in [6.07, 6.45) is 0. The van der Waals surface area contributed by atoms with Crippen molar-refractivity contribution in [1.29, 1.82) is 0 Å². The number of piperazine rings is 3. The van der Waals surface area contributed by atoms with Crippen LogP contribution in [0.15, 0.2) is 4.79 Å². The standard InChI is InChI=1S/C12H17N5O/c18-12-8-5-13-6-9(8)14-11(15-12)10-7-16-1-3-17(10)4-2-16/h10,13H,1-7H2,(H,14,15,18). The lowest BCUT2D eigenvalue weighted by Gasteiger charge is -2.46. The van der Waals surface area contributed by atoms with Crippen LogP contribution in [0.5, 0.6) is 0 Å². The van der Waals surface area contributed by atoms with Gasteiger partial charge in [-0.1, -0.05) is 0 Å². The first-order valence-corrected chi connectivity index (χ1v) is 6.60. The molecule has 1 aromatic rings. The van der Waals surface area contributed by atoms with E-state index < -0.39 is 0 Å². The van der Waals surface area contributed by atoms with Crippen LogP contribution < -0.4 is 10.9 Å². The van der Waals surface area contributed by atoms with E-state index in [1.165, 1.54) is 0 Å². The zero-order valence-corrected chi connectivity index (χ0v) is 10.3. The van der Waals surface area contributed by atoms with Gasteiger partial charge in [0.2, 0.25) is 0 Å². The van der Waals surface area contributed by atoms with Crippen LogP contribution in [0.2, 0.25) is 0 Å². The van der Waals surface area contributed by atoms with Crippen molar-refractivity contribution in [2.75, 3.05) is 32.7 Å². The van der Waals surface area contributed by atoms with Crippen LogP contribution in [-0.2, 0) is 13.1 Å². The molecule has 5 heterocycles. The number of nitrogens with zero attached hydrogens (tertiary/aromatic N) is 3. The molecule has 4 aliphatic heterocycles. The fourth-order valence-electron chi connectivity index (χ4n) is 3.23. The SMILES string of the molecule is O=c1[nH]c(C2CN3CCN2CC3)nc2c1CNC2. The van der Waals surface area contributed by atoms with Gasteiger partial charge < -0.3 is 10.3 Å². The monoisotopic (exact) mass is 247 g/mol. The highest BCUT2D eigenvalue weighted by molar-refractivity contribution is 5.22. The molecule has 0 saturated carbocycles. The van der Waals surface area contributed by atoms with Crippen molar-refractivity contribution in [3.05, 3.63) is 27.4 Å². The predicted octanol–water partition coefficient (Wildman–Crippen LogP) is -0.955. The summed E-state index contributed by atoms with van der Waals surface area (Å²) in [6, 6.07) is 0.270. The first-order chi connectivity index (χ1) is 8.81. The Morgan fingerprint density at radius 3 is 2.72 bits per heavy atom. The summed E-state index contributed by atoms with van der Waals surface area (Å²) in [5.74, 6) is 0.854. The normalized spacial score (nSPS) is 33.7. The average Bonchev–Trinajstić information content (AvgIpc) is 2.89. The maximum atomic E-state index is 12.0. The molecule has 2 N–H and O–H groups in total. The van der Waals surface area contributed by atoms with Crippen molar-refractivity contribution < 1.29 is 0 Å². The topological polar surface area (TPSA) is 64.3 Å². The quantitative estimate of drug-likeness (QED) is 0.669. The molecular weight excluding hydrogens is 230 g/mol.